The molecule has 1 aromatic carbocycles. The second-order valence-electron chi connectivity index (χ2n) is 4.97. The fourth-order valence-corrected chi connectivity index (χ4v) is 2.11. The van der Waals surface area contributed by atoms with Crippen LogP contribution < -0.4 is 11.1 Å². The molecule has 98 valence electrons. The monoisotopic (exact) mass is 256 g/mol. The van der Waals surface area contributed by atoms with E-state index in [0.717, 1.165) is 11.0 Å². The number of carbonyl (C=O) groups excluding carboxylic acids is 1. The van der Waals surface area contributed by atoms with Crippen LogP contribution in [-0.2, 0) is 0 Å². The Morgan fingerprint density at radius 1 is 1.32 bits per heavy atom. The minimum atomic E-state index is -0.108. The van der Waals surface area contributed by atoms with E-state index in [4.69, 9.17) is 5.73 Å². The van der Waals surface area contributed by atoms with E-state index in [-0.39, 0.29) is 11.9 Å². The van der Waals surface area contributed by atoms with Gasteiger partial charge in [0.2, 0.25) is 0 Å². The van der Waals surface area contributed by atoms with Gasteiger partial charge in [-0.05, 0) is 37.0 Å². The molecule has 1 fully saturated rings. The summed E-state index contributed by atoms with van der Waals surface area (Å²) < 4.78 is 0. The Kier molecular flexibility index (Phi) is 3.13. The molecule has 0 aliphatic heterocycles. The highest BCUT2D eigenvalue weighted by Crippen LogP contribution is 2.31. The van der Waals surface area contributed by atoms with Crippen LogP contribution in [-0.4, -0.2) is 28.5 Å². The van der Waals surface area contributed by atoms with Crippen molar-refractivity contribution >= 4 is 16.9 Å². The van der Waals surface area contributed by atoms with E-state index in [1.165, 1.54) is 12.8 Å². The zero-order valence-corrected chi connectivity index (χ0v) is 10.5. The second kappa shape index (κ2) is 4.93. The molecule has 1 saturated carbocycles. The molecule has 3 N–H and O–H groups in total. The van der Waals surface area contributed by atoms with E-state index >= 15 is 0 Å². The maximum atomic E-state index is 12.0. The van der Waals surface area contributed by atoms with Crippen molar-refractivity contribution in [1.82, 2.24) is 15.3 Å². The van der Waals surface area contributed by atoms with Gasteiger partial charge in [-0.2, -0.15) is 0 Å². The predicted octanol–water partition coefficient (Wildman–Crippen LogP) is 1.10. The van der Waals surface area contributed by atoms with E-state index < -0.39 is 0 Å². The third-order valence-electron chi connectivity index (χ3n) is 3.46. The standard InChI is InChI=1S/C14H16N4O/c15-11(9-1-2-9)8-18-14(19)10-3-4-12-13(7-10)17-6-5-16-12/h3-7,9,11H,1-2,8,15H2,(H,18,19). The van der Waals surface area contributed by atoms with Crippen molar-refractivity contribution in [2.75, 3.05) is 6.54 Å². The summed E-state index contributed by atoms with van der Waals surface area (Å²) >= 11 is 0. The largest absolute Gasteiger partial charge is 0.350 e. The predicted molar refractivity (Wildman–Crippen MR) is 72.6 cm³/mol. The van der Waals surface area contributed by atoms with Crippen molar-refractivity contribution in [3.63, 3.8) is 0 Å². The van der Waals surface area contributed by atoms with E-state index in [0.29, 0.717) is 18.0 Å². The van der Waals surface area contributed by atoms with Crippen molar-refractivity contribution in [2.45, 2.75) is 18.9 Å². The van der Waals surface area contributed by atoms with Gasteiger partial charge >= 0.3 is 0 Å². The lowest BCUT2D eigenvalue weighted by molar-refractivity contribution is 0.0950. The summed E-state index contributed by atoms with van der Waals surface area (Å²) in [6, 6.07) is 5.39. The second-order valence-corrected chi connectivity index (χ2v) is 4.97. The molecule has 0 bridgehead atoms. The van der Waals surface area contributed by atoms with Gasteiger partial charge in [0.05, 0.1) is 11.0 Å². The first kappa shape index (κ1) is 12.0. The molecule has 1 atom stereocenters. The van der Waals surface area contributed by atoms with E-state index in [9.17, 15) is 4.79 Å². The van der Waals surface area contributed by atoms with Crippen LogP contribution in [0.3, 0.4) is 0 Å². The highest BCUT2D eigenvalue weighted by atomic mass is 16.1. The van der Waals surface area contributed by atoms with Crippen LogP contribution in [0.25, 0.3) is 11.0 Å². The van der Waals surface area contributed by atoms with Crippen molar-refractivity contribution in [2.24, 2.45) is 11.7 Å². The number of amides is 1. The zero-order valence-electron chi connectivity index (χ0n) is 10.5. The highest BCUT2D eigenvalue weighted by Gasteiger charge is 2.28. The third kappa shape index (κ3) is 2.71. The summed E-state index contributed by atoms with van der Waals surface area (Å²) in [5.74, 6) is 0.478. The average molecular weight is 256 g/mol. The minimum absolute atomic E-state index is 0.0733. The molecule has 1 aliphatic rings. The average Bonchev–Trinajstić information content (AvgIpc) is 3.28. The fourth-order valence-electron chi connectivity index (χ4n) is 2.11. The van der Waals surface area contributed by atoms with Crippen LogP contribution in [0.1, 0.15) is 23.2 Å². The number of nitrogens with one attached hydrogen (secondary N) is 1. The number of benzene rings is 1. The van der Waals surface area contributed by atoms with Crippen LogP contribution in [0.4, 0.5) is 0 Å². The summed E-state index contributed by atoms with van der Waals surface area (Å²) in [7, 11) is 0. The number of nitrogens with zero attached hydrogens (tertiary/aromatic N) is 2. The van der Waals surface area contributed by atoms with Crippen molar-refractivity contribution in [1.29, 1.82) is 0 Å². The topological polar surface area (TPSA) is 80.9 Å². The van der Waals surface area contributed by atoms with E-state index in [2.05, 4.69) is 15.3 Å². The molecule has 1 amide bonds. The zero-order chi connectivity index (χ0) is 13.2. The Morgan fingerprint density at radius 2 is 2.05 bits per heavy atom. The smallest absolute Gasteiger partial charge is 0.251 e. The van der Waals surface area contributed by atoms with Gasteiger partial charge in [0.1, 0.15) is 0 Å². The molecule has 5 nitrogen and oxygen atoms in total. The summed E-state index contributed by atoms with van der Waals surface area (Å²) in [5.41, 5.74) is 8.06. The number of carbonyl (C=O) groups is 1. The van der Waals surface area contributed by atoms with Gasteiger partial charge in [0.25, 0.3) is 5.91 Å². The van der Waals surface area contributed by atoms with Gasteiger partial charge in [0, 0.05) is 30.5 Å². The van der Waals surface area contributed by atoms with Crippen LogP contribution in [0, 0.1) is 5.92 Å². The molecule has 2 aromatic rings. The van der Waals surface area contributed by atoms with Gasteiger partial charge in [-0.15, -0.1) is 0 Å². The first-order valence-electron chi connectivity index (χ1n) is 6.48. The number of fused-ring (bicyclic) bond motifs is 1. The van der Waals surface area contributed by atoms with Crippen LogP contribution in [0.2, 0.25) is 0 Å². The Labute approximate surface area is 111 Å². The van der Waals surface area contributed by atoms with Crippen molar-refractivity contribution in [3.8, 4) is 0 Å². The molecule has 0 saturated heterocycles. The first-order chi connectivity index (χ1) is 9.24. The van der Waals surface area contributed by atoms with E-state index in [1.807, 2.05) is 0 Å². The lowest BCUT2D eigenvalue weighted by atomic mass is 10.1. The van der Waals surface area contributed by atoms with Crippen LogP contribution in [0.5, 0.6) is 0 Å². The number of hydrogen-bond acceptors (Lipinski definition) is 4. The summed E-state index contributed by atoms with van der Waals surface area (Å²) in [5, 5.41) is 2.87. The lowest BCUT2D eigenvalue weighted by Gasteiger charge is -2.11. The lowest BCUT2D eigenvalue weighted by Crippen LogP contribution is -2.38. The SMILES string of the molecule is NC(CNC(=O)c1ccc2nccnc2c1)C1CC1. The van der Waals surface area contributed by atoms with Crippen molar-refractivity contribution < 1.29 is 4.79 Å². The molecule has 5 heteroatoms. The molecule has 1 aliphatic carbocycles. The molecule has 0 spiro atoms. The first-order valence-corrected chi connectivity index (χ1v) is 6.48. The Bertz CT molecular complexity index is 609. The quantitative estimate of drug-likeness (QED) is 0.858. The third-order valence-corrected chi connectivity index (χ3v) is 3.46. The highest BCUT2D eigenvalue weighted by molar-refractivity contribution is 5.97. The van der Waals surface area contributed by atoms with Crippen molar-refractivity contribution in [3.05, 3.63) is 36.2 Å². The summed E-state index contributed by atoms with van der Waals surface area (Å²) in [4.78, 5) is 20.4. The molecule has 0 radical (unpaired) electrons. The van der Waals surface area contributed by atoms with Crippen LogP contribution >= 0.6 is 0 Å². The minimum Gasteiger partial charge on any atom is -0.350 e. The molecule has 19 heavy (non-hydrogen) atoms. The Hall–Kier alpha value is -2.01. The maximum Gasteiger partial charge on any atom is 0.251 e. The number of hydrogen-bond donors (Lipinski definition) is 2. The Morgan fingerprint density at radius 3 is 2.79 bits per heavy atom. The molecular weight excluding hydrogens is 240 g/mol. The molecule has 3 rings (SSSR count). The van der Waals surface area contributed by atoms with E-state index in [1.54, 1.807) is 30.6 Å². The molecule has 1 unspecified atom stereocenters. The van der Waals surface area contributed by atoms with Gasteiger partial charge in [-0.25, -0.2) is 0 Å². The number of aromatic nitrogens is 2. The number of nitrogens with two attached hydrogens (primary N) is 1. The summed E-state index contributed by atoms with van der Waals surface area (Å²) in [6.07, 6.45) is 5.62. The molecular formula is C14H16N4O. The van der Waals surface area contributed by atoms with Crippen LogP contribution in [0.15, 0.2) is 30.6 Å². The summed E-state index contributed by atoms with van der Waals surface area (Å²) in [6.45, 7) is 0.530. The maximum absolute atomic E-state index is 12.0. The number of rotatable bonds is 4. The molecule has 1 heterocycles. The Balaban J connectivity index is 1.70. The van der Waals surface area contributed by atoms with Gasteiger partial charge < -0.3 is 11.1 Å². The van der Waals surface area contributed by atoms with Gasteiger partial charge in [-0.1, -0.05) is 0 Å². The fraction of sp³-hybridized carbons (Fsp3) is 0.357. The molecule has 1 aromatic heterocycles. The normalized spacial score (nSPS) is 16.3. The van der Waals surface area contributed by atoms with Gasteiger partial charge in [0.15, 0.2) is 0 Å². The van der Waals surface area contributed by atoms with Gasteiger partial charge in [-0.3, -0.25) is 14.8 Å².